The van der Waals surface area contributed by atoms with E-state index in [1.807, 2.05) is 6.07 Å². The predicted octanol–water partition coefficient (Wildman–Crippen LogP) is 2.83. The molecule has 2 nitrogen and oxygen atoms in total. The van der Waals surface area contributed by atoms with Gasteiger partial charge in [0.05, 0.1) is 14.2 Å². The van der Waals surface area contributed by atoms with Gasteiger partial charge in [-0.15, -0.1) is 0 Å². The predicted molar refractivity (Wildman–Crippen MR) is 58.3 cm³/mol. The molecule has 0 saturated carbocycles. The molecule has 2 heteroatoms. The van der Waals surface area contributed by atoms with Crippen molar-refractivity contribution in [1.29, 1.82) is 0 Å². The SMILES string of the molecule is CCc1cc(OC)cc(OC)c1CC. The zero-order valence-corrected chi connectivity index (χ0v) is 9.39. The molecule has 0 aliphatic carbocycles. The third-order valence-corrected chi connectivity index (χ3v) is 2.46. The Labute approximate surface area is 85.8 Å². The van der Waals surface area contributed by atoms with Gasteiger partial charge in [0, 0.05) is 6.07 Å². The Kier molecular flexibility index (Phi) is 3.81. The fourth-order valence-corrected chi connectivity index (χ4v) is 1.69. The molecule has 0 aliphatic heterocycles. The number of rotatable bonds is 4. The van der Waals surface area contributed by atoms with Crippen LogP contribution in [0.25, 0.3) is 0 Å². The summed E-state index contributed by atoms with van der Waals surface area (Å²) in [5.74, 6) is 1.81. The molecular formula is C12H18O2. The second-order valence-corrected chi connectivity index (χ2v) is 3.17. The molecule has 0 saturated heterocycles. The third kappa shape index (κ3) is 2.00. The standard InChI is InChI=1S/C12H18O2/c1-5-9-7-10(13-3)8-12(14-4)11(9)6-2/h7-8H,5-6H2,1-4H3. The summed E-state index contributed by atoms with van der Waals surface area (Å²) in [6.07, 6.45) is 2.01. The maximum Gasteiger partial charge on any atom is 0.126 e. The van der Waals surface area contributed by atoms with Crippen molar-refractivity contribution in [2.45, 2.75) is 26.7 Å². The first-order valence-electron chi connectivity index (χ1n) is 5.00. The van der Waals surface area contributed by atoms with Crippen molar-refractivity contribution in [2.24, 2.45) is 0 Å². The lowest BCUT2D eigenvalue weighted by Crippen LogP contribution is -1.98. The molecular weight excluding hydrogens is 176 g/mol. The van der Waals surface area contributed by atoms with Crippen LogP contribution >= 0.6 is 0 Å². The Morgan fingerprint density at radius 3 is 2.14 bits per heavy atom. The second kappa shape index (κ2) is 4.89. The summed E-state index contributed by atoms with van der Waals surface area (Å²) in [7, 11) is 3.38. The quantitative estimate of drug-likeness (QED) is 0.733. The smallest absolute Gasteiger partial charge is 0.126 e. The maximum atomic E-state index is 5.34. The summed E-state index contributed by atoms with van der Waals surface area (Å²) < 4.78 is 10.6. The molecule has 0 aliphatic rings. The van der Waals surface area contributed by atoms with E-state index < -0.39 is 0 Å². The van der Waals surface area contributed by atoms with E-state index in [4.69, 9.17) is 9.47 Å². The van der Waals surface area contributed by atoms with Crippen molar-refractivity contribution < 1.29 is 9.47 Å². The average Bonchev–Trinajstić information content (AvgIpc) is 2.26. The van der Waals surface area contributed by atoms with E-state index in [1.54, 1.807) is 14.2 Å². The highest BCUT2D eigenvalue weighted by atomic mass is 16.5. The molecule has 0 unspecified atom stereocenters. The van der Waals surface area contributed by atoms with Crippen molar-refractivity contribution in [1.82, 2.24) is 0 Å². The molecule has 0 bridgehead atoms. The zero-order chi connectivity index (χ0) is 10.6. The maximum absolute atomic E-state index is 5.34. The van der Waals surface area contributed by atoms with E-state index >= 15 is 0 Å². The molecule has 0 amide bonds. The molecule has 1 aromatic rings. The Balaban J connectivity index is 3.24. The Bertz CT molecular complexity index is 280. The fourth-order valence-electron chi connectivity index (χ4n) is 1.69. The minimum Gasteiger partial charge on any atom is -0.497 e. The van der Waals surface area contributed by atoms with E-state index in [9.17, 15) is 0 Å². The molecule has 1 aromatic carbocycles. The summed E-state index contributed by atoms with van der Waals surface area (Å²) in [5, 5.41) is 0. The van der Waals surface area contributed by atoms with Crippen molar-refractivity contribution in [3.05, 3.63) is 23.3 Å². The van der Waals surface area contributed by atoms with Crippen LogP contribution in [0.5, 0.6) is 11.5 Å². The van der Waals surface area contributed by atoms with Crippen LogP contribution in [0.3, 0.4) is 0 Å². The van der Waals surface area contributed by atoms with Crippen molar-refractivity contribution >= 4 is 0 Å². The van der Waals surface area contributed by atoms with Crippen LogP contribution in [0.4, 0.5) is 0 Å². The lowest BCUT2D eigenvalue weighted by Gasteiger charge is -2.13. The van der Waals surface area contributed by atoms with Gasteiger partial charge in [-0.2, -0.15) is 0 Å². The van der Waals surface area contributed by atoms with E-state index in [1.165, 1.54) is 11.1 Å². The van der Waals surface area contributed by atoms with E-state index in [0.29, 0.717) is 0 Å². The van der Waals surface area contributed by atoms with E-state index in [0.717, 1.165) is 24.3 Å². The van der Waals surface area contributed by atoms with Gasteiger partial charge in [0.25, 0.3) is 0 Å². The Morgan fingerprint density at radius 2 is 1.71 bits per heavy atom. The van der Waals surface area contributed by atoms with Crippen LogP contribution in [0.15, 0.2) is 12.1 Å². The van der Waals surface area contributed by atoms with Gasteiger partial charge in [-0.1, -0.05) is 13.8 Å². The zero-order valence-electron chi connectivity index (χ0n) is 9.39. The first kappa shape index (κ1) is 10.9. The number of benzene rings is 1. The van der Waals surface area contributed by atoms with Gasteiger partial charge >= 0.3 is 0 Å². The van der Waals surface area contributed by atoms with Crippen LogP contribution in [0.2, 0.25) is 0 Å². The normalized spacial score (nSPS) is 10.0. The molecule has 1 rings (SSSR count). The number of hydrogen-bond acceptors (Lipinski definition) is 2. The van der Waals surface area contributed by atoms with Gasteiger partial charge < -0.3 is 9.47 Å². The largest absolute Gasteiger partial charge is 0.497 e. The van der Waals surface area contributed by atoms with Crippen LogP contribution in [-0.2, 0) is 12.8 Å². The molecule has 0 N–H and O–H groups in total. The van der Waals surface area contributed by atoms with Gasteiger partial charge in [0.1, 0.15) is 11.5 Å². The summed E-state index contributed by atoms with van der Waals surface area (Å²) in [6, 6.07) is 4.03. The Hall–Kier alpha value is -1.18. The number of ether oxygens (including phenoxy) is 2. The molecule has 0 aromatic heterocycles. The van der Waals surface area contributed by atoms with Gasteiger partial charge in [-0.3, -0.25) is 0 Å². The van der Waals surface area contributed by atoms with Crippen molar-refractivity contribution in [2.75, 3.05) is 14.2 Å². The molecule has 0 radical (unpaired) electrons. The Morgan fingerprint density at radius 1 is 1.00 bits per heavy atom. The minimum absolute atomic E-state index is 0.871. The first-order valence-corrected chi connectivity index (χ1v) is 5.00. The van der Waals surface area contributed by atoms with Gasteiger partial charge in [-0.25, -0.2) is 0 Å². The van der Waals surface area contributed by atoms with Gasteiger partial charge in [0.15, 0.2) is 0 Å². The van der Waals surface area contributed by atoms with Crippen molar-refractivity contribution in [3.63, 3.8) is 0 Å². The molecule has 0 atom stereocenters. The number of hydrogen-bond donors (Lipinski definition) is 0. The van der Waals surface area contributed by atoms with Gasteiger partial charge in [0.2, 0.25) is 0 Å². The van der Waals surface area contributed by atoms with Crippen molar-refractivity contribution in [3.8, 4) is 11.5 Å². The van der Waals surface area contributed by atoms with Crippen LogP contribution < -0.4 is 9.47 Å². The summed E-state index contributed by atoms with van der Waals surface area (Å²) in [5.41, 5.74) is 2.60. The number of methoxy groups -OCH3 is 2. The highest BCUT2D eigenvalue weighted by molar-refractivity contribution is 5.46. The lowest BCUT2D eigenvalue weighted by molar-refractivity contribution is 0.390. The summed E-state index contributed by atoms with van der Waals surface area (Å²) >= 11 is 0. The monoisotopic (exact) mass is 194 g/mol. The minimum atomic E-state index is 0.871. The first-order chi connectivity index (χ1) is 6.76. The van der Waals surface area contributed by atoms with E-state index in [2.05, 4.69) is 19.9 Å². The molecule has 0 spiro atoms. The average molecular weight is 194 g/mol. The topological polar surface area (TPSA) is 18.5 Å². The second-order valence-electron chi connectivity index (χ2n) is 3.17. The highest BCUT2D eigenvalue weighted by Gasteiger charge is 2.08. The summed E-state index contributed by atoms with van der Waals surface area (Å²) in [6.45, 7) is 4.29. The number of aryl methyl sites for hydroxylation is 1. The third-order valence-electron chi connectivity index (χ3n) is 2.46. The molecule has 0 heterocycles. The molecule has 0 fully saturated rings. The highest BCUT2D eigenvalue weighted by Crippen LogP contribution is 2.29. The van der Waals surface area contributed by atoms with Crippen LogP contribution in [0.1, 0.15) is 25.0 Å². The van der Waals surface area contributed by atoms with Crippen LogP contribution in [0, 0.1) is 0 Å². The summed E-state index contributed by atoms with van der Waals surface area (Å²) in [4.78, 5) is 0. The molecule has 78 valence electrons. The van der Waals surface area contributed by atoms with Gasteiger partial charge in [-0.05, 0) is 30.0 Å². The molecule has 14 heavy (non-hydrogen) atoms. The fraction of sp³-hybridized carbons (Fsp3) is 0.500. The lowest BCUT2D eigenvalue weighted by atomic mass is 10.0. The van der Waals surface area contributed by atoms with Crippen LogP contribution in [-0.4, -0.2) is 14.2 Å². The van der Waals surface area contributed by atoms with E-state index in [-0.39, 0.29) is 0 Å².